The molecule has 0 aliphatic carbocycles. The average molecular weight is 754 g/mol. The number of nitrogens with zero attached hydrogens (tertiary/aromatic N) is 3. The number of aliphatic hydroxyl groups is 1. The maximum absolute atomic E-state index is 11.4. The molecular weight excluding hydrogens is 711 g/mol. The molecule has 9 rings (SSSR count). The number of hydrogen-bond donors (Lipinski definition) is 1. The van der Waals surface area contributed by atoms with Gasteiger partial charge in [-0.2, -0.15) is 0 Å². The van der Waals surface area contributed by atoms with E-state index in [-0.39, 0.29) is 7.43 Å². The normalized spacial score (nSPS) is 12.1. The molecule has 0 radical (unpaired) electrons. The molecule has 58 heavy (non-hydrogen) atoms. The smallest absolute Gasteiger partial charge is 0.150 e. The fourth-order valence-corrected chi connectivity index (χ4v) is 7.01. The van der Waals surface area contributed by atoms with Crippen LogP contribution in [0.3, 0.4) is 0 Å². The SMILES string of the molecule is C.O=Cc1cccc2ccc(N=C(c3ccccc3)c3ccccc3)cc12.OC(C1=CCC=N1)c1cccc2ccc(N=C(c3ccccc3)c3ccccc3)cc12. The van der Waals surface area contributed by atoms with E-state index in [0.717, 1.165) is 84.9 Å². The van der Waals surface area contributed by atoms with Crippen LogP contribution >= 0.6 is 0 Å². The van der Waals surface area contributed by atoms with E-state index in [1.807, 2.05) is 140 Å². The second-order valence-electron chi connectivity index (χ2n) is 13.6. The van der Waals surface area contributed by atoms with Gasteiger partial charge in [-0.15, -0.1) is 0 Å². The van der Waals surface area contributed by atoms with E-state index in [2.05, 4.69) is 71.7 Å². The molecule has 1 N–H and O–H groups in total. The van der Waals surface area contributed by atoms with Gasteiger partial charge in [-0.3, -0.25) is 9.79 Å². The molecule has 8 aromatic rings. The predicted octanol–water partition coefficient (Wildman–Crippen LogP) is 12.9. The van der Waals surface area contributed by atoms with Crippen molar-refractivity contribution in [3.05, 3.63) is 239 Å². The van der Waals surface area contributed by atoms with Crippen molar-refractivity contribution in [3.8, 4) is 0 Å². The molecule has 0 saturated heterocycles. The number of aliphatic hydroxyl groups excluding tert-OH is 1. The molecule has 8 aromatic carbocycles. The first-order valence-electron chi connectivity index (χ1n) is 18.9. The first kappa shape index (κ1) is 38.9. The van der Waals surface area contributed by atoms with Gasteiger partial charge in [-0.1, -0.05) is 183 Å². The van der Waals surface area contributed by atoms with Crippen LogP contribution < -0.4 is 0 Å². The van der Waals surface area contributed by atoms with Crippen molar-refractivity contribution in [3.63, 3.8) is 0 Å². The first-order chi connectivity index (χ1) is 28.1. The molecule has 0 spiro atoms. The molecule has 5 nitrogen and oxygen atoms in total. The molecule has 1 heterocycles. The largest absolute Gasteiger partial charge is 0.382 e. The summed E-state index contributed by atoms with van der Waals surface area (Å²) in [6.07, 6.45) is 4.71. The number of aliphatic imine (C=N–C) groups is 3. The lowest BCUT2D eigenvalue weighted by Crippen LogP contribution is -2.02. The Labute approximate surface area is 339 Å². The number of fused-ring (bicyclic) bond motifs is 2. The van der Waals surface area contributed by atoms with Crippen LogP contribution in [-0.4, -0.2) is 29.0 Å². The fourth-order valence-electron chi connectivity index (χ4n) is 7.01. The van der Waals surface area contributed by atoms with Gasteiger partial charge in [0.15, 0.2) is 6.29 Å². The van der Waals surface area contributed by atoms with E-state index in [1.54, 1.807) is 0 Å². The molecule has 0 bridgehead atoms. The summed E-state index contributed by atoms with van der Waals surface area (Å²) in [6, 6.07) is 64.6. The maximum atomic E-state index is 11.4. The molecular formula is C53H43N3O2. The van der Waals surface area contributed by atoms with E-state index < -0.39 is 6.10 Å². The zero-order valence-electron chi connectivity index (χ0n) is 31.2. The van der Waals surface area contributed by atoms with Crippen LogP contribution in [0.4, 0.5) is 11.4 Å². The lowest BCUT2D eigenvalue weighted by atomic mass is 9.98. The van der Waals surface area contributed by atoms with E-state index in [1.165, 1.54) is 0 Å². The summed E-state index contributed by atoms with van der Waals surface area (Å²) in [5.41, 5.74) is 9.98. The lowest BCUT2D eigenvalue weighted by molar-refractivity contribution is 0.112. The van der Waals surface area contributed by atoms with Crippen molar-refractivity contribution in [1.29, 1.82) is 0 Å². The molecule has 282 valence electrons. The Bertz CT molecular complexity index is 2690. The van der Waals surface area contributed by atoms with E-state index >= 15 is 0 Å². The summed E-state index contributed by atoms with van der Waals surface area (Å²) in [5.74, 6) is 0. The van der Waals surface area contributed by atoms with Crippen LogP contribution in [0.1, 0.15) is 58.1 Å². The highest BCUT2D eigenvalue weighted by Gasteiger charge is 2.18. The predicted molar refractivity (Wildman–Crippen MR) is 243 cm³/mol. The minimum absolute atomic E-state index is 0. The van der Waals surface area contributed by atoms with Crippen LogP contribution in [0.15, 0.2) is 221 Å². The van der Waals surface area contributed by atoms with Gasteiger partial charge in [0.2, 0.25) is 0 Å². The number of rotatable bonds is 9. The molecule has 1 aliphatic rings. The van der Waals surface area contributed by atoms with Gasteiger partial charge in [0.05, 0.1) is 28.5 Å². The van der Waals surface area contributed by atoms with Gasteiger partial charge in [-0.25, -0.2) is 9.98 Å². The molecule has 0 aromatic heterocycles. The quantitative estimate of drug-likeness (QED) is 0.118. The minimum atomic E-state index is -0.746. The average Bonchev–Trinajstić information content (AvgIpc) is 3.84. The van der Waals surface area contributed by atoms with Gasteiger partial charge < -0.3 is 5.11 Å². The molecule has 0 fully saturated rings. The van der Waals surface area contributed by atoms with Crippen LogP contribution in [0.25, 0.3) is 21.5 Å². The zero-order valence-corrected chi connectivity index (χ0v) is 31.2. The molecule has 0 amide bonds. The number of aldehydes is 1. The van der Waals surface area contributed by atoms with Crippen molar-refractivity contribution in [2.45, 2.75) is 20.0 Å². The van der Waals surface area contributed by atoms with Crippen LogP contribution in [0, 0.1) is 0 Å². The third kappa shape index (κ3) is 8.87. The lowest BCUT2D eigenvalue weighted by Gasteiger charge is -2.14. The number of carbonyl (C=O) groups excluding carboxylic acids is 1. The highest BCUT2D eigenvalue weighted by molar-refractivity contribution is 6.15. The summed E-state index contributed by atoms with van der Waals surface area (Å²) in [4.78, 5) is 25.7. The highest BCUT2D eigenvalue weighted by atomic mass is 16.3. The Morgan fingerprint density at radius 2 is 0.983 bits per heavy atom. The Hall–Kier alpha value is -7.34. The van der Waals surface area contributed by atoms with Gasteiger partial charge in [0.25, 0.3) is 0 Å². The van der Waals surface area contributed by atoms with Gasteiger partial charge >= 0.3 is 0 Å². The zero-order chi connectivity index (χ0) is 38.8. The summed E-state index contributed by atoms with van der Waals surface area (Å²) in [7, 11) is 0. The van der Waals surface area contributed by atoms with E-state index in [9.17, 15) is 9.90 Å². The van der Waals surface area contributed by atoms with Gasteiger partial charge in [0.1, 0.15) is 6.10 Å². The monoisotopic (exact) mass is 753 g/mol. The third-order valence-electron chi connectivity index (χ3n) is 9.84. The van der Waals surface area contributed by atoms with Crippen molar-refractivity contribution >= 4 is 56.8 Å². The number of hydrogen-bond acceptors (Lipinski definition) is 5. The summed E-state index contributed by atoms with van der Waals surface area (Å²) < 4.78 is 0. The minimum Gasteiger partial charge on any atom is -0.382 e. The number of carbonyl (C=O) groups is 1. The Kier molecular flexibility index (Phi) is 12.4. The first-order valence-corrected chi connectivity index (χ1v) is 18.9. The molecule has 1 unspecified atom stereocenters. The van der Waals surface area contributed by atoms with Gasteiger partial charge in [-0.05, 0) is 51.4 Å². The topological polar surface area (TPSA) is 74.4 Å². The Morgan fingerprint density at radius 3 is 1.43 bits per heavy atom. The summed E-state index contributed by atoms with van der Waals surface area (Å²) in [6.45, 7) is 0. The second-order valence-corrected chi connectivity index (χ2v) is 13.6. The maximum Gasteiger partial charge on any atom is 0.150 e. The molecule has 1 aliphatic heterocycles. The molecule has 1 atom stereocenters. The number of allylic oxidation sites excluding steroid dienone is 1. The number of benzene rings is 8. The van der Waals surface area contributed by atoms with Gasteiger partial charge in [0, 0.05) is 40.5 Å². The second kappa shape index (κ2) is 18.5. The van der Waals surface area contributed by atoms with Crippen LogP contribution in [-0.2, 0) is 0 Å². The van der Waals surface area contributed by atoms with Crippen molar-refractivity contribution in [2.24, 2.45) is 15.0 Å². The highest BCUT2D eigenvalue weighted by Crippen LogP contribution is 2.33. The third-order valence-corrected chi connectivity index (χ3v) is 9.84. The van der Waals surface area contributed by atoms with E-state index in [0.29, 0.717) is 11.3 Å². The van der Waals surface area contributed by atoms with E-state index in [4.69, 9.17) is 9.98 Å². The Balaban J connectivity index is 0.000000176. The van der Waals surface area contributed by atoms with Crippen LogP contribution in [0.2, 0.25) is 0 Å². The summed E-state index contributed by atoms with van der Waals surface area (Å²) >= 11 is 0. The van der Waals surface area contributed by atoms with Crippen molar-refractivity contribution < 1.29 is 9.90 Å². The van der Waals surface area contributed by atoms with Crippen molar-refractivity contribution in [2.75, 3.05) is 0 Å². The standard InChI is InChI=1S/C28H22N2O.C24H17NO.CH4/c31-28(26-15-8-18-29-26)24-14-7-13-20-16-17-23(19-25(20)24)30-27(21-9-3-1-4-10-21)22-11-5-2-6-12-22;26-17-21-13-7-12-18-14-15-22(16-23(18)21)25-24(19-8-3-1-4-9-19)20-10-5-2-6-11-20;/h1-7,9-19,28,31H,8H2;1-17H;1H4. The van der Waals surface area contributed by atoms with Crippen molar-refractivity contribution in [1.82, 2.24) is 0 Å². The molecule has 0 saturated carbocycles. The Morgan fingerprint density at radius 1 is 0.534 bits per heavy atom. The summed E-state index contributed by atoms with van der Waals surface area (Å²) in [5, 5.41) is 14.9. The fraction of sp³-hybridized carbons (Fsp3) is 0.0566. The molecule has 5 heteroatoms. The van der Waals surface area contributed by atoms with Crippen LogP contribution in [0.5, 0.6) is 0 Å².